The zero-order valence-electron chi connectivity index (χ0n) is 12.7. The molecule has 6 heteroatoms. The normalized spacial score (nSPS) is 23.1. The fourth-order valence-electron chi connectivity index (χ4n) is 2.58. The van der Waals surface area contributed by atoms with Gasteiger partial charge in [-0.1, -0.05) is 12.1 Å². The maximum Gasteiger partial charge on any atom is 0.290 e. The molecule has 2 aliphatic heterocycles. The van der Waals surface area contributed by atoms with Crippen LogP contribution in [0.15, 0.2) is 29.2 Å². The number of hydrogen-bond acceptors (Lipinski definition) is 5. The van der Waals surface area contributed by atoms with Gasteiger partial charge in [0.1, 0.15) is 5.75 Å². The monoisotopic (exact) mass is 333 g/mol. The summed E-state index contributed by atoms with van der Waals surface area (Å²) in [7, 11) is 0. The first-order valence-corrected chi connectivity index (χ1v) is 8.62. The highest BCUT2D eigenvalue weighted by Gasteiger charge is 2.24. The lowest BCUT2D eigenvalue weighted by atomic mass is 10.1. The minimum absolute atomic E-state index is 0.322. The molecule has 122 valence electrons. The van der Waals surface area contributed by atoms with E-state index in [9.17, 15) is 9.59 Å². The minimum Gasteiger partial charge on any atom is -0.493 e. The molecule has 3 rings (SSSR count). The number of imide groups is 1. The topological polar surface area (TPSA) is 64.6 Å². The van der Waals surface area contributed by atoms with Crippen molar-refractivity contribution in [3.8, 4) is 5.75 Å². The average molecular weight is 333 g/mol. The van der Waals surface area contributed by atoms with E-state index in [4.69, 9.17) is 9.47 Å². The van der Waals surface area contributed by atoms with Crippen molar-refractivity contribution in [2.45, 2.75) is 31.8 Å². The van der Waals surface area contributed by atoms with E-state index < -0.39 is 0 Å². The molecule has 0 spiro atoms. The fourth-order valence-corrected chi connectivity index (χ4v) is 3.26. The second-order valence-electron chi connectivity index (χ2n) is 5.55. The number of thioether (sulfide) groups is 1. The third kappa shape index (κ3) is 4.59. The number of nitrogens with one attached hydrogen (secondary N) is 1. The van der Waals surface area contributed by atoms with Crippen molar-refractivity contribution in [2.75, 3.05) is 13.2 Å². The molecule has 2 saturated heterocycles. The van der Waals surface area contributed by atoms with Crippen LogP contribution in [-0.2, 0) is 9.53 Å². The van der Waals surface area contributed by atoms with E-state index in [1.165, 1.54) is 6.42 Å². The van der Waals surface area contributed by atoms with Gasteiger partial charge in [-0.2, -0.15) is 0 Å². The minimum atomic E-state index is -0.340. The third-order valence-corrected chi connectivity index (χ3v) is 4.61. The van der Waals surface area contributed by atoms with Crippen molar-refractivity contribution in [3.63, 3.8) is 0 Å². The Bertz CT molecular complexity index is 606. The highest BCUT2D eigenvalue weighted by atomic mass is 32.2. The van der Waals surface area contributed by atoms with Crippen molar-refractivity contribution in [1.29, 1.82) is 0 Å². The molecule has 0 saturated carbocycles. The molecular formula is C17H19NO4S. The molecule has 1 N–H and O–H groups in total. The lowest BCUT2D eigenvalue weighted by Gasteiger charge is -2.22. The van der Waals surface area contributed by atoms with Crippen LogP contribution in [0.25, 0.3) is 6.08 Å². The molecular weight excluding hydrogens is 314 g/mol. The summed E-state index contributed by atoms with van der Waals surface area (Å²) in [5.41, 5.74) is 0.861. The molecule has 1 atom stereocenters. The van der Waals surface area contributed by atoms with Crippen molar-refractivity contribution < 1.29 is 19.1 Å². The molecule has 2 aliphatic rings. The Morgan fingerprint density at radius 3 is 2.74 bits per heavy atom. The number of carbonyl (C=O) groups excluding carboxylic acids is 2. The van der Waals surface area contributed by atoms with E-state index in [-0.39, 0.29) is 11.1 Å². The standard InChI is InChI=1S/C17H19NO4S/c19-16-15(23-17(20)18-16)11-12-4-6-14(7-5-12)22-10-8-13-3-1-2-9-21-13/h4-7,11,13H,1-3,8-10H2,(H,18,19,20)/b15-11-. The van der Waals surface area contributed by atoms with E-state index in [1.54, 1.807) is 6.08 Å². The molecule has 1 unspecified atom stereocenters. The van der Waals surface area contributed by atoms with E-state index in [0.717, 1.165) is 48.9 Å². The summed E-state index contributed by atoms with van der Waals surface area (Å²) in [5.74, 6) is 0.454. The predicted octanol–water partition coefficient (Wildman–Crippen LogP) is 3.35. The van der Waals surface area contributed by atoms with Crippen molar-refractivity contribution in [3.05, 3.63) is 34.7 Å². The molecule has 0 bridgehead atoms. The van der Waals surface area contributed by atoms with Gasteiger partial charge in [-0.05, 0) is 54.8 Å². The van der Waals surface area contributed by atoms with Gasteiger partial charge in [0.15, 0.2) is 0 Å². The molecule has 1 aromatic carbocycles. The van der Waals surface area contributed by atoms with Gasteiger partial charge in [-0.15, -0.1) is 0 Å². The van der Waals surface area contributed by atoms with Crippen LogP contribution >= 0.6 is 11.8 Å². The van der Waals surface area contributed by atoms with E-state index in [1.807, 2.05) is 24.3 Å². The van der Waals surface area contributed by atoms with Crippen molar-refractivity contribution in [2.24, 2.45) is 0 Å². The summed E-state index contributed by atoms with van der Waals surface area (Å²) in [6, 6.07) is 7.48. The summed E-state index contributed by atoms with van der Waals surface area (Å²) in [6.45, 7) is 1.50. The van der Waals surface area contributed by atoms with Gasteiger partial charge in [-0.25, -0.2) is 0 Å². The largest absolute Gasteiger partial charge is 0.493 e. The Kier molecular flexibility index (Phi) is 5.35. The van der Waals surface area contributed by atoms with Crippen LogP contribution in [0.2, 0.25) is 0 Å². The van der Waals surface area contributed by atoms with Crippen LogP contribution in [0.3, 0.4) is 0 Å². The first kappa shape index (κ1) is 16.1. The summed E-state index contributed by atoms with van der Waals surface area (Å²) in [5, 5.41) is 1.91. The average Bonchev–Trinajstić information content (AvgIpc) is 2.88. The first-order valence-electron chi connectivity index (χ1n) is 7.80. The van der Waals surface area contributed by atoms with E-state index in [0.29, 0.717) is 17.6 Å². The summed E-state index contributed by atoms with van der Waals surface area (Å²) in [6.07, 6.45) is 6.45. The van der Waals surface area contributed by atoms with Crippen LogP contribution in [0.5, 0.6) is 5.75 Å². The van der Waals surface area contributed by atoms with Gasteiger partial charge in [0.05, 0.1) is 17.6 Å². The predicted molar refractivity (Wildman–Crippen MR) is 89.3 cm³/mol. The van der Waals surface area contributed by atoms with Gasteiger partial charge in [0, 0.05) is 13.0 Å². The number of hydrogen-bond donors (Lipinski definition) is 1. The van der Waals surface area contributed by atoms with Crippen LogP contribution in [-0.4, -0.2) is 30.5 Å². The second-order valence-corrected chi connectivity index (χ2v) is 6.56. The van der Waals surface area contributed by atoms with Crippen LogP contribution in [0.4, 0.5) is 4.79 Å². The number of carbonyl (C=O) groups is 2. The third-order valence-electron chi connectivity index (χ3n) is 3.80. The smallest absolute Gasteiger partial charge is 0.290 e. The molecule has 0 radical (unpaired) electrons. The van der Waals surface area contributed by atoms with Gasteiger partial charge < -0.3 is 9.47 Å². The first-order chi connectivity index (χ1) is 11.2. The van der Waals surface area contributed by atoms with Crippen LogP contribution in [0.1, 0.15) is 31.2 Å². The highest BCUT2D eigenvalue weighted by Crippen LogP contribution is 2.26. The molecule has 5 nitrogen and oxygen atoms in total. The summed E-state index contributed by atoms with van der Waals surface area (Å²) >= 11 is 0.919. The number of ether oxygens (including phenoxy) is 2. The fraction of sp³-hybridized carbons (Fsp3) is 0.412. The Balaban J connectivity index is 1.50. The molecule has 2 heterocycles. The van der Waals surface area contributed by atoms with Gasteiger partial charge in [0.2, 0.25) is 0 Å². The molecule has 2 fully saturated rings. The Morgan fingerprint density at radius 2 is 2.09 bits per heavy atom. The maximum atomic E-state index is 11.5. The number of amides is 2. The quantitative estimate of drug-likeness (QED) is 0.837. The van der Waals surface area contributed by atoms with E-state index >= 15 is 0 Å². The Morgan fingerprint density at radius 1 is 1.26 bits per heavy atom. The SMILES string of the molecule is O=C1NC(=O)/C(=C/c2ccc(OCCC3CCCCO3)cc2)S1. The van der Waals surface area contributed by atoms with Crippen molar-refractivity contribution >= 4 is 29.0 Å². The molecule has 0 aromatic heterocycles. The molecule has 0 aliphatic carbocycles. The van der Waals surface area contributed by atoms with E-state index in [2.05, 4.69) is 5.32 Å². The highest BCUT2D eigenvalue weighted by molar-refractivity contribution is 8.18. The lowest BCUT2D eigenvalue weighted by Crippen LogP contribution is -2.21. The summed E-state index contributed by atoms with van der Waals surface area (Å²) < 4.78 is 11.4. The number of benzene rings is 1. The molecule has 2 amide bonds. The maximum absolute atomic E-state index is 11.5. The zero-order valence-corrected chi connectivity index (χ0v) is 13.6. The zero-order chi connectivity index (χ0) is 16.1. The van der Waals surface area contributed by atoms with Gasteiger partial charge in [-0.3, -0.25) is 14.9 Å². The molecule has 23 heavy (non-hydrogen) atoms. The Hall–Kier alpha value is -1.79. The summed E-state index contributed by atoms with van der Waals surface area (Å²) in [4.78, 5) is 23.0. The van der Waals surface area contributed by atoms with Crippen molar-refractivity contribution in [1.82, 2.24) is 5.32 Å². The van der Waals surface area contributed by atoms with Crippen LogP contribution < -0.4 is 10.1 Å². The Labute approximate surface area is 139 Å². The lowest BCUT2D eigenvalue weighted by molar-refractivity contribution is -0.115. The van der Waals surface area contributed by atoms with Gasteiger partial charge in [0.25, 0.3) is 11.1 Å². The number of rotatable bonds is 5. The second kappa shape index (κ2) is 7.66. The van der Waals surface area contributed by atoms with Gasteiger partial charge >= 0.3 is 0 Å². The van der Waals surface area contributed by atoms with Crippen LogP contribution in [0, 0.1) is 0 Å². The molecule has 1 aromatic rings.